The molecule has 3 aromatic rings. The Hall–Kier alpha value is -2.53. The van der Waals surface area contributed by atoms with E-state index < -0.39 is 0 Å². The molecule has 0 aliphatic heterocycles. The number of hydrogen-bond acceptors (Lipinski definition) is 3. The molecule has 1 heterocycles. The second-order valence-corrected chi connectivity index (χ2v) is 5.85. The van der Waals surface area contributed by atoms with Gasteiger partial charge in [0.25, 0.3) is 5.56 Å². The van der Waals surface area contributed by atoms with Crippen molar-refractivity contribution < 1.29 is 4.39 Å². The minimum Gasteiger partial charge on any atom is -0.324 e. The highest BCUT2D eigenvalue weighted by Crippen LogP contribution is 2.24. The fourth-order valence-electron chi connectivity index (χ4n) is 2.76. The van der Waals surface area contributed by atoms with E-state index in [0.717, 1.165) is 11.1 Å². The van der Waals surface area contributed by atoms with Crippen molar-refractivity contribution in [2.24, 2.45) is 12.8 Å². The number of aromatic nitrogens is 2. The molecule has 118 valence electrons. The van der Waals surface area contributed by atoms with E-state index in [2.05, 4.69) is 4.98 Å². The Morgan fingerprint density at radius 2 is 1.87 bits per heavy atom. The van der Waals surface area contributed by atoms with Crippen LogP contribution in [0.25, 0.3) is 22.3 Å². The van der Waals surface area contributed by atoms with Crippen LogP contribution < -0.4 is 11.3 Å². The summed E-state index contributed by atoms with van der Waals surface area (Å²) in [6, 6.07) is 9.48. The van der Waals surface area contributed by atoms with E-state index in [1.807, 2.05) is 26.0 Å². The first-order valence-electron chi connectivity index (χ1n) is 7.41. The topological polar surface area (TPSA) is 60.9 Å². The lowest BCUT2D eigenvalue weighted by Gasteiger charge is -2.14. The van der Waals surface area contributed by atoms with Gasteiger partial charge in [0.1, 0.15) is 11.6 Å². The molecule has 1 atom stereocenters. The molecule has 4 nitrogen and oxygen atoms in total. The molecule has 3 rings (SSSR count). The molecule has 2 aromatic carbocycles. The normalized spacial score (nSPS) is 12.6. The molecule has 1 aromatic heterocycles. The summed E-state index contributed by atoms with van der Waals surface area (Å²) in [5.41, 5.74) is 9.00. The van der Waals surface area contributed by atoms with Crippen molar-refractivity contribution in [3.8, 4) is 11.4 Å². The lowest BCUT2D eigenvalue weighted by molar-refractivity contribution is 0.628. The molecular weight excluding hydrogens is 293 g/mol. The Morgan fingerprint density at radius 1 is 1.22 bits per heavy atom. The average molecular weight is 311 g/mol. The number of halogens is 1. The molecule has 0 saturated carbocycles. The summed E-state index contributed by atoms with van der Waals surface area (Å²) in [6.45, 7) is 3.80. The Bertz CT molecular complexity index is 943. The molecule has 0 spiro atoms. The molecule has 0 bridgehead atoms. The molecule has 5 heteroatoms. The van der Waals surface area contributed by atoms with Gasteiger partial charge >= 0.3 is 0 Å². The third kappa shape index (κ3) is 2.64. The maximum Gasteiger partial charge on any atom is 0.261 e. The van der Waals surface area contributed by atoms with Crippen molar-refractivity contribution in [1.29, 1.82) is 0 Å². The van der Waals surface area contributed by atoms with E-state index in [-0.39, 0.29) is 17.4 Å². The summed E-state index contributed by atoms with van der Waals surface area (Å²) in [6.07, 6.45) is 0. The number of hydrogen-bond donors (Lipinski definition) is 1. The third-order valence-electron chi connectivity index (χ3n) is 3.95. The van der Waals surface area contributed by atoms with E-state index in [1.54, 1.807) is 19.2 Å². The van der Waals surface area contributed by atoms with Crippen molar-refractivity contribution >= 4 is 10.9 Å². The van der Waals surface area contributed by atoms with Gasteiger partial charge in [0.05, 0.1) is 10.9 Å². The monoisotopic (exact) mass is 311 g/mol. The Morgan fingerprint density at radius 3 is 2.48 bits per heavy atom. The molecule has 0 fully saturated rings. The van der Waals surface area contributed by atoms with E-state index in [4.69, 9.17) is 5.73 Å². The second-order valence-electron chi connectivity index (χ2n) is 5.85. The van der Waals surface area contributed by atoms with Crippen molar-refractivity contribution in [2.75, 3.05) is 0 Å². The summed E-state index contributed by atoms with van der Waals surface area (Å²) in [4.78, 5) is 17.4. The van der Waals surface area contributed by atoms with E-state index in [1.165, 1.54) is 16.7 Å². The minimum absolute atomic E-state index is 0.139. The van der Waals surface area contributed by atoms with Crippen LogP contribution in [0.15, 0.2) is 41.2 Å². The zero-order valence-electron chi connectivity index (χ0n) is 13.3. The Labute approximate surface area is 133 Å². The lowest BCUT2D eigenvalue weighted by Crippen LogP contribution is -2.21. The summed E-state index contributed by atoms with van der Waals surface area (Å²) in [5.74, 6) is 0.166. The van der Waals surface area contributed by atoms with Gasteiger partial charge < -0.3 is 5.73 Å². The zero-order chi connectivity index (χ0) is 16.7. The van der Waals surface area contributed by atoms with E-state index >= 15 is 0 Å². The number of aryl methyl sites for hydroxylation is 1. The SMILES string of the molecule is Cc1cc([C@@H](C)N)c2nc(-c3ccc(F)cc3)n(C)c(=O)c2c1. The van der Waals surface area contributed by atoms with Gasteiger partial charge in [0.15, 0.2) is 0 Å². The van der Waals surface area contributed by atoms with Gasteiger partial charge in [-0.1, -0.05) is 6.07 Å². The van der Waals surface area contributed by atoms with Gasteiger partial charge in [-0.25, -0.2) is 9.37 Å². The van der Waals surface area contributed by atoms with Crippen LogP contribution in [0.5, 0.6) is 0 Å². The molecular formula is C18H18FN3O. The predicted octanol–water partition coefficient (Wildman–Crippen LogP) is 3.07. The summed E-state index contributed by atoms with van der Waals surface area (Å²) < 4.78 is 14.6. The summed E-state index contributed by atoms with van der Waals surface area (Å²) in [7, 11) is 1.67. The first-order valence-corrected chi connectivity index (χ1v) is 7.41. The van der Waals surface area contributed by atoms with Crippen molar-refractivity contribution in [3.05, 3.63) is 63.7 Å². The maximum atomic E-state index is 13.1. The highest BCUT2D eigenvalue weighted by Gasteiger charge is 2.15. The van der Waals surface area contributed by atoms with Gasteiger partial charge in [0, 0.05) is 18.7 Å². The Kier molecular flexibility index (Phi) is 3.74. The summed E-state index contributed by atoms with van der Waals surface area (Å²) >= 11 is 0. The highest BCUT2D eigenvalue weighted by atomic mass is 19.1. The quantitative estimate of drug-likeness (QED) is 0.791. The van der Waals surface area contributed by atoms with E-state index in [9.17, 15) is 9.18 Å². The van der Waals surface area contributed by atoms with Crippen molar-refractivity contribution in [2.45, 2.75) is 19.9 Å². The molecule has 0 radical (unpaired) electrons. The molecule has 0 aliphatic rings. The molecule has 2 N–H and O–H groups in total. The van der Waals surface area contributed by atoms with Crippen LogP contribution in [0.1, 0.15) is 24.1 Å². The van der Waals surface area contributed by atoms with Gasteiger partial charge in [-0.15, -0.1) is 0 Å². The number of fused-ring (bicyclic) bond motifs is 1. The van der Waals surface area contributed by atoms with Crippen LogP contribution in [0.3, 0.4) is 0 Å². The van der Waals surface area contributed by atoms with E-state index in [0.29, 0.717) is 22.3 Å². The van der Waals surface area contributed by atoms with Crippen molar-refractivity contribution in [1.82, 2.24) is 9.55 Å². The lowest BCUT2D eigenvalue weighted by atomic mass is 10.0. The number of nitrogens with zero attached hydrogens (tertiary/aromatic N) is 2. The second kappa shape index (κ2) is 5.59. The minimum atomic E-state index is -0.327. The van der Waals surface area contributed by atoms with Crippen LogP contribution in [0.4, 0.5) is 4.39 Å². The van der Waals surface area contributed by atoms with Crippen LogP contribution in [0, 0.1) is 12.7 Å². The molecule has 0 aliphatic carbocycles. The van der Waals surface area contributed by atoms with Gasteiger partial charge in [-0.2, -0.15) is 0 Å². The van der Waals surface area contributed by atoms with Crippen LogP contribution in [-0.2, 0) is 7.05 Å². The van der Waals surface area contributed by atoms with Gasteiger partial charge in [-0.05, 0) is 55.3 Å². The maximum absolute atomic E-state index is 13.1. The molecule has 0 saturated heterocycles. The largest absolute Gasteiger partial charge is 0.324 e. The Balaban J connectivity index is 2.39. The van der Waals surface area contributed by atoms with Crippen LogP contribution in [-0.4, -0.2) is 9.55 Å². The predicted molar refractivity (Wildman–Crippen MR) is 89.7 cm³/mol. The highest BCUT2D eigenvalue weighted by molar-refractivity contribution is 5.84. The number of nitrogens with two attached hydrogens (primary N) is 1. The fraction of sp³-hybridized carbons (Fsp3) is 0.222. The van der Waals surface area contributed by atoms with Crippen LogP contribution >= 0.6 is 0 Å². The standard InChI is InChI=1S/C18H18FN3O/c1-10-8-14(11(2)20)16-15(9-10)18(23)22(3)17(21-16)12-4-6-13(19)7-5-12/h4-9,11H,20H2,1-3H3/t11-/m1/s1. The van der Waals surface area contributed by atoms with Gasteiger partial charge in [0.2, 0.25) is 0 Å². The van der Waals surface area contributed by atoms with Gasteiger partial charge in [-0.3, -0.25) is 9.36 Å². The number of benzene rings is 2. The van der Waals surface area contributed by atoms with Crippen molar-refractivity contribution in [3.63, 3.8) is 0 Å². The zero-order valence-corrected chi connectivity index (χ0v) is 13.3. The van der Waals surface area contributed by atoms with Crippen LogP contribution in [0.2, 0.25) is 0 Å². The molecule has 0 unspecified atom stereocenters. The molecule has 23 heavy (non-hydrogen) atoms. The first kappa shape index (κ1) is 15.4. The fourth-order valence-corrected chi connectivity index (χ4v) is 2.76. The summed E-state index contributed by atoms with van der Waals surface area (Å²) in [5, 5.41) is 0.547. The third-order valence-corrected chi connectivity index (χ3v) is 3.95. The number of rotatable bonds is 2. The first-order chi connectivity index (χ1) is 10.9. The smallest absolute Gasteiger partial charge is 0.261 e. The molecule has 0 amide bonds. The average Bonchev–Trinajstić information content (AvgIpc) is 2.51.